The van der Waals surface area contributed by atoms with Crippen LogP contribution in [0.2, 0.25) is 0 Å². The van der Waals surface area contributed by atoms with Crippen LogP contribution in [0.25, 0.3) is 11.3 Å². The number of urea groups is 1. The Morgan fingerprint density at radius 2 is 1.92 bits per heavy atom. The first kappa shape index (κ1) is 17.0. The summed E-state index contributed by atoms with van der Waals surface area (Å²) in [5.74, 6) is 0.771. The molecular formula is C19H19N3O2S. The number of nitrogens with zero attached hydrogens (tertiary/aromatic N) is 1. The van der Waals surface area contributed by atoms with Gasteiger partial charge in [0.2, 0.25) is 0 Å². The molecule has 128 valence electrons. The molecule has 0 bridgehead atoms. The number of benzene rings is 2. The van der Waals surface area contributed by atoms with E-state index in [9.17, 15) is 4.79 Å². The molecule has 6 heteroatoms. The molecule has 1 heterocycles. The average molecular weight is 353 g/mol. The smallest absolute Gasteiger partial charge is 0.325 e. The standard InChI is InChI=1S/C19H19N3O2S/c1-12-7-8-15(9-13(12)2)20-18(23)22-19-21-17(11-25-19)14-5-4-6-16(10-14)24-3/h4-11H,1-3H3,(H2,20,21,22,23). The summed E-state index contributed by atoms with van der Waals surface area (Å²) < 4.78 is 5.23. The fraction of sp³-hybridized carbons (Fsp3) is 0.158. The second kappa shape index (κ2) is 7.36. The highest BCUT2D eigenvalue weighted by molar-refractivity contribution is 7.14. The number of methoxy groups -OCH3 is 1. The Bertz CT molecular complexity index is 905. The highest BCUT2D eigenvalue weighted by Gasteiger charge is 2.09. The molecule has 0 aliphatic rings. The molecule has 0 saturated heterocycles. The molecule has 25 heavy (non-hydrogen) atoms. The molecule has 2 N–H and O–H groups in total. The van der Waals surface area contributed by atoms with E-state index < -0.39 is 0 Å². The van der Waals surface area contributed by atoms with Crippen LogP contribution in [0.1, 0.15) is 11.1 Å². The largest absolute Gasteiger partial charge is 0.497 e. The van der Waals surface area contributed by atoms with Gasteiger partial charge < -0.3 is 10.1 Å². The zero-order valence-corrected chi connectivity index (χ0v) is 15.1. The van der Waals surface area contributed by atoms with Gasteiger partial charge in [-0.05, 0) is 49.2 Å². The van der Waals surface area contributed by atoms with Gasteiger partial charge in [0.05, 0.1) is 12.8 Å². The number of amides is 2. The van der Waals surface area contributed by atoms with E-state index in [-0.39, 0.29) is 6.03 Å². The molecular weight excluding hydrogens is 334 g/mol. The summed E-state index contributed by atoms with van der Waals surface area (Å²) >= 11 is 1.38. The van der Waals surface area contributed by atoms with E-state index in [1.165, 1.54) is 16.9 Å². The molecule has 0 fully saturated rings. The van der Waals surface area contributed by atoms with Crippen molar-refractivity contribution >= 4 is 28.2 Å². The Hall–Kier alpha value is -2.86. The maximum absolute atomic E-state index is 12.1. The van der Waals surface area contributed by atoms with Crippen molar-refractivity contribution in [1.82, 2.24) is 4.98 Å². The van der Waals surface area contributed by atoms with Crippen LogP contribution in [0.4, 0.5) is 15.6 Å². The Balaban J connectivity index is 1.68. The van der Waals surface area contributed by atoms with Gasteiger partial charge in [-0.25, -0.2) is 9.78 Å². The van der Waals surface area contributed by atoms with E-state index in [1.807, 2.05) is 61.7 Å². The number of hydrogen-bond acceptors (Lipinski definition) is 4. The highest BCUT2D eigenvalue weighted by Crippen LogP contribution is 2.27. The third kappa shape index (κ3) is 4.16. The molecule has 3 aromatic rings. The van der Waals surface area contributed by atoms with Crippen molar-refractivity contribution in [3.05, 3.63) is 59.0 Å². The van der Waals surface area contributed by atoms with Crippen LogP contribution >= 0.6 is 11.3 Å². The van der Waals surface area contributed by atoms with Gasteiger partial charge in [-0.15, -0.1) is 11.3 Å². The van der Waals surface area contributed by atoms with E-state index in [4.69, 9.17) is 4.74 Å². The summed E-state index contributed by atoms with van der Waals surface area (Å²) in [6, 6.07) is 13.2. The Kier molecular flexibility index (Phi) is 5.00. The van der Waals surface area contributed by atoms with Crippen molar-refractivity contribution in [1.29, 1.82) is 0 Å². The predicted octanol–water partition coefficient (Wildman–Crippen LogP) is 5.08. The van der Waals surface area contributed by atoms with Gasteiger partial charge >= 0.3 is 6.03 Å². The van der Waals surface area contributed by atoms with Gasteiger partial charge in [-0.3, -0.25) is 5.32 Å². The molecule has 3 rings (SSSR count). The van der Waals surface area contributed by atoms with Crippen LogP contribution in [0.15, 0.2) is 47.8 Å². The summed E-state index contributed by atoms with van der Waals surface area (Å²) in [5.41, 5.74) is 4.81. The molecule has 0 atom stereocenters. The summed E-state index contributed by atoms with van der Waals surface area (Å²) in [6.07, 6.45) is 0. The number of hydrogen-bond donors (Lipinski definition) is 2. The topological polar surface area (TPSA) is 63.2 Å². The lowest BCUT2D eigenvalue weighted by Gasteiger charge is -2.07. The minimum absolute atomic E-state index is 0.310. The van der Waals surface area contributed by atoms with Crippen LogP contribution < -0.4 is 15.4 Å². The minimum atomic E-state index is -0.310. The van der Waals surface area contributed by atoms with E-state index in [1.54, 1.807) is 7.11 Å². The number of carbonyl (C=O) groups excluding carboxylic acids is 1. The Morgan fingerprint density at radius 3 is 2.68 bits per heavy atom. The Morgan fingerprint density at radius 1 is 1.08 bits per heavy atom. The summed E-state index contributed by atoms with van der Waals surface area (Å²) in [7, 11) is 1.63. The van der Waals surface area contributed by atoms with Crippen molar-refractivity contribution in [2.24, 2.45) is 0 Å². The van der Waals surface area contributed by atoms with E-state index >= 15 is 0 Å². The second-order valence-corrected chi connectivity index (χ2v) is 6.51. The summed E-state index contributed by atoms with van der Waals surface area (Å²) in [6.45, 7) is 4.05. The van der Waals surface area contributed by atoms with E-state index in [0.717, 1.165) is 28.3 Å². The van der Waals surface area contributed by atoms with Crippen LogP contribution in [0.5, 0.6) is 5.75 Å². The van der Waals surface area contributed by atoms with Gasteiger partial charge in [0, 0.05) is 16.6 Å². The maximum atomic E-state index is 12.1. The molecule has 0 saturated carbocycles. The van der Waals surface area contributed by atoms with Crippen molar-refractivity contribution in [2.45, 2.75) is 13.8 Å². The Labute approximate surface area is 150 Å². The van der Waals surface area contributed by atoms with Gasteiger partial charge in [-0.2, -0.15) is 0 Å². The molecule has 2 aromatic carbocycles. The quantitative estimate of drug-likeness (QED) is 0.687. The van der Waals surface area contributed by atoms with Crippen molar-refractivity contribution in [2.75, 3.05) is 17.7 Å². The molecule has 0 radical (unpaired) electrons. The zero-order valence-electron chi connectivity index (χ0n) is 14.3. The summed E-state index contributed by atoms with van der Waals surface area (Å²) in [5, 5.41) is 8.04. The van der Waals surface area contributed by atoms with E-state index in [2.05, 4.69) is 15.6 Å². The van der Waals surface area contributed by atoms with Gasteiger partial charge in [0.15, 0.2) is 5.13 Å². The number of thiazole rings is 1. The van der Waals surface area contributed by atoms with Crippen LogP contribution in [-0.2, 0) is 0 Å². The number of anilines is 2. The summed E-state index contributed by atoms with van der Waals surface area (Å²) in [4.78, 5) is 16.6. The third-order valence-corrected chi connectivity index (χ3v) is 4.61. The monoisotopic (exact) mass is 353 g/mol. The molecule has 0 aliphatic carbocycles. The molecule has 5 nitrogen and oxygen atoms in total. The fourth-order valence-electron chi connectivity index (χ4n) is 2.32. The average Bonchev–Trinajstić information content (AvgIpc) is 3.06. The fourth-order valence-corrected chi connectivity index (χ4v) is 3.04. The second-order valence-electron chi connectivity index (χ2n) is 5.65. The van der Waals surface area contributed by atoms with Crippen LogP contribution in [-0.4, -0.2) is 18.1 Å². The maximum Gasteiger partial charge on any atom is 0.325 e. The zero-order chi connectivity index (χ0) is 17.8. The number of ether oxygens (including phenoxy) is 1. The lowest BCUT2D eigenvalue weighted by Crippen LogP contribution is -2.19. The lowest BCUT2D eigenvalue weighted by atomic mass is 10.1. The first-order valence-electron chi connectivity index (χ1n) is 7.80. The molecule has 0 aliphatic heterocycles. The lowest BCUT2D eigenvalue weighted by molar-refractivity contribution is 0.262. The van der Waals surface area contributed by atoms with Crippen molar-refractivity contribution in [3.8, 4) is 17.0 Å². The highest BCUT2D eigenvalue weighted by atomic mass is 32.1. The molecule has 0 unspecified atom stereocenters. The normalized spacial score (nSPS) is 10.4. The third-order valence-electron chi connectivity index (χ3n) is 3.85. The van der Waals surface area contributed by atoms with Gasteiger partial charge in [0.1, 0.15) is 5.75 Å². The number of aryl methyl sites for hydroxylation is 2. The predicted molar refractivity (Wildman–Crippen MR) is 103 cm³/mol. The van der Waals surface area contributed by atoms with Gasteiger partial charge in [-0.1, -0.05) is 18.2 Å². The number of rotatable bonds is 4. The van der Waals surface area contributed by atoms with Crippen LogP contribution in [0, 0.1) is 13.8 Å². The van der Waals surface area contributed by atoms with E-state index in [0.29, 0.717) is 5.13 Å². The SMILES string of the molecule is COc1cccc(-c2csc(NC(=O)Nc3ccc(C)c(C)c3)n2)c1. The van der Waals surface area contributed by atoms with Crippen LogP contribution in [0.3, 0.4) is 0 Å². The molecule has 1 aromatic heterocycles. The first-order valence-corrected chi connectivity index (χ1v) is 8.68. The number of carbonyl (C=O) groups is 1. The van der Waals surface area contributed by atoms with Crippen molar-refractivity contribution < 1.29 is 9.53 Å². The minimum Gasteiger partial charge on any atom is -0.497 e. The van der Waals surface area contributed by atoms with Crippen molar-refractivity contribution in [3.63, 3.8) is 0 Å². The van der Waals surface area contributed by atoms with Gasteiger partial charge in [0.25, 0.3) is 0 Å². The molecule has 2 amide bonds. The number of nitrogens with one attached hydrogen (secondary N) is 2. The first-order chi connectivity index (χ1) is 12.0. The number of aromatic nitrogens is 1. The molecule has 0 spiro atoms.